The molecule has 2 saturated carbocycles. The average molecular weight is 310 g/mol. The molecule has 0 bridgehead atoms. The molecule has 0 aliphatic heterocycles. The topological polar surface area (TPSA) is 99.3 Å². The molecule has 22 heavy (non-hydrogen) atoms. The van der Waals surface area contributed by atoms with Gasteiger partial charge < -0.3 is 21.3 Å². The molecule has 0 unspecified atom stereocenters. The molecule has 0 aromatic heterocycles. The van der Waals surface area contributed by atoms with Crippen molar-refractivity contribution in [3.8, 4) is 0 Å². The van der Waals surface area contributed by atoms with Crippen LogP contribution in [0.15, 0.2) is 0 Å². The zero-order valence-electron chi connectivity index (χ0n) is 13.0. The van der Waals surface area contributed by atoms with E-state index in [1.165, 1.54) is 6.42 Å². The van der Waals surface area contributed by atoms with Crippen molar-refractivity contribution in [2.45, 2.75) is 51.0 Å². The van der Waals surface area contributed by atoms with Gasteiger partial charge in [0.15, 0.2) is 0 Å². The highest BCUT2D eigenvalue weighted by molar-refractivity contribution is 5.84. The van der Waals surface area contributed by atoms with Crippen LogP contribution >= 0.6 is 0 Å². The molecule has 2 aliphatic rings. The van der Waals surface area contributed by atoms with Crippen LogP contribution in [0.3, 0.4) is 0 Å². The van der Waals surface area contributed by atoms with Gasteiger partial charge in [0.2, 0.25) is 11.8 Å². The van der Waals surface area contributed by atoms with Gasteiger partial charge >= 0.3 is 6.03 Å². The maximum atomic E-state index is 11.7. The van der Waals surface area contributed by atoms with Crippen LogP contribution in [-0.4, -0.2) is 43.5 Å². The molecule has 2 aliphatic carbocycles. The Labute approximate surface area is 131 Å². The van der Waals surface area contributed by atoms with Crippen LogP contribution in [0.2, 0.25) is 0 Å². The Morgan fingerprint density at radius 2 is 1.50 bits per heavy atom. The first-order valence-electron chi connectivity index (χ1n) is 8.24. The highest BCUT2D eigenvalue weighted by Crippen LogP contribution is 2.28. The summed E-state index contributed by atoms with van der Waals surface area (Å²) in [5.41, 5.74) is 0. The smallest absolute Gasteiger partial charge is 0.315 e. The maximum Gasteiger partial charge on any atom is 0.315 e. The van der Waals surface area contributed by atoms with E-state index in [0.717, 1.165) is 38.5 Å². The van der Waals surface area contributed by atoms with Gasteiger partial charge in [-0.05, 0) is 25.7 Å². The maximum absolute atomic E-state index is 11.7. The van der Waals surface area contributed by atoms with Gasteiger partial charge in [0.25, 0.3) is 0 Å². The van der Waals surface area contributed by atoms with E-state index in [9.17, 15) is 14.4 Å². The fourth-order valence-corrected chi connectivity index (χ4v) is 2.60. The van der Waals surface area contributed by atoms with Crippen molar-refractivity contribution in [2.75, 3.05) is 19.6 Å². The van der Waals surface area contributed by atoms with Gasteiger partial charge in [0, 0.05) is 25.0 Å². The summed E-state index contributed by atoms with van der Waals surface area (Å²) in [6.45, 7) is 0.752. The van der Waals surface area contributed by atoms with Gasteiger partial charge in [-0.3, -0.25) is 9.59 Å². The van der Waals surface area contributed by atoms with Gasteiger partial charge in [-0.1, -0.05) is 19.3 Å². The van der Waals surface area contributed by atoms with Crippen molar-refractivity contribution in [1.29, 1.82) is 0 Å². The zero-order chi connectivity index (χ0) is 15.8. The Morgan fingerprint density at radius 3 is 2.18 bits per heavy atom. The second kappa shape index (κ2) is 8.60. The molecule has 2 fully saturated rings. The van der Waals surface area contributed by atoms with Crippen molar-refractivity contribution in [1.82, 2.24) is 21.3 Å². The summed E-state index contributed by atoms with van der Waals surface area (Å²) in [5.74, 6) is 0.0930. The minimum atomic E-state index is -0.389. The van der Waals surface area contributed by atoms with E-state index in [1.54, 1.807) is 0 Å². The normalized spacial score (nSPS) is 18.4. The standard InChI is InChI=1S/C15H26N4O3/c20-13(19-12-4-2-1-3-5-12)10-18-15(22)17-9-8-16-14(21)11-6-7-11/h11-12H,1-10H2,(H,16,21)(H,19,20)(H2,17,18,22). The number of rotatable bonds is 7. The van der Waals surface area contributed by atoms with Crippen molar-refractivity contribution in [3.05, 3.63) is 0 Å². The summed E-state index contributed by atoms with van der Waals surface area (Å²) in [5, 5.41) is 10.8. The van der Waals surface area contributed by atoms with E-state index in [0.29, 0.717) is 13.1 Å². The molecule has 124 valence electrons. The molecule has 2 rings (SSSR count). The highest BCUT2D eigenvalue weighted by Gasteiger charge is 2.28. The van der Waals surface area contributed by atoms with Crippen molar-refractivity contribution >= 4 is 17.8 Å². The zero-order valence-corrected chi connectivity index (χ0v) is 13.0. The molecule has 0 aromatic carbocycles. The second-order valence-electron chi connectivity index (χ2n) is 6.08. The third-order valence-corrected chi connectivity index (χ3v) is 4.04. The minimum Gasteiger partial charge on any atom is -0.354 e. The largest absolute Gasteiger partial charge is 0.354 e. The number of urea groups is 1. The fourth-order valence-electron chi connectivity index (χ4n) is 2.60. The van der Waals surface area contributed by atoms with Crippen LogP contribution < -0.4 is 21.3 Å². The van der Waals surface area contributed by atoms with E-state index >= 15 is 0 Å². The molecule has 0 heterocycles. The number of nitrogens with one attached hydrogen (secondary N) is 4. The Balaban J connectivity index is 1.47. The highest BCUT2D eigenvalue weighted by atomic mass is 16.2. The van der Waals surface area contributed by atoms with E-state index in [4.69, 9.17) is 0 Å². The lowest BCUT2D eigenvalue weighted by atomic mass is 9.95. The first kappa shape index (κ1) is 16.6. The predicted molar refractivity (Wildman–Crippen MR) is 82.2 cm³/mol. The molecular formula is C15H26N4O3. The summed E-state index contributed by atoms with van der Waals surface area (Å²) in [7, 11) is 0. The van der Waals surface area contributed by atoms with Gasteiger partial charge in [0.05, 0.1) is 6.54 Å². The number of carbonyl (C=O) groups excluding carboxylic acids is 3. The monoisotopic (exact) mass is 310 g/mol. The minimum absolute atomic E-state index is 0.0171. The van der Waals surface area contributed by atoms with E-state index in [2.05, 4.69) is 21.3 Å². The van der Waals surface area contributed by atoms with Gasteiger partial charge in [-0.15, -0.1) is 0 Å². The summed E-state index contributed by atoms with van der Waals surface area (Å²) in [6, 6.07) is -0.136. The Morgan fingerprint density at radius 1 is 0.818 bits per heavy atom. The Bertz CT molecular complexity index is 404. The summed E-state index contributed by atoms with van der Waals surface area (Å²) in [4.78, 5) is 34.6. The van der Waals surface area contributed by atoms with Crippen molar-refractivity contribution < 1.29 is 14.4 Å². The molecule has 0 radical (unpaired) electrons. The molecule has 7 heteroatoms. The number of carbonyl (C=O) groups is 3. The molecule has 4 N–H and O–H groups in total. The van der Waals surface area contributed by atoms with Crippen molar-refractivity contribution in [2.24, 2.45) is 5.92 Å². The lowest BCUT2D eigenvalue weighted by Crippen LogP contribution is -2.46. The van der Waals surface area contributed by atoms with Crippen LogP contribution in [0.1, 0.15) is 44.9 Å². The number of hydrogen-bond acceptors (Lipinski definition) is 3. The van der Waals surface area contributed by atoms with Crippen LogP contribution in [0.4, 0.5) is 4.79 Å². The van der Waals surface area contributed by atoms with Crippen LogP contribution in [0, 0.1) is 5.92 Å². The predicted octanol–water partition coefficient (Wildman–Crippen LogP) is 0.261. The van der Waals surface area contributed by atoms with Crippen LogP contribution in [-0.2, 0) is 9.59 Å². The number of amides is 4. The molecule has 0 aromatic rings. The molecular weight excluding hydrogens is 284 g/mol. The molecule has 4 amide bonds. The van der Waals surface area contributed by atoms with Gasteiger partial charge in [-0.2, -0.15) is 0 Å². The van der Waals surface area contributed by atoms with Gasteiger partial charge in [-0.25, -0.2) is 4.79 Å². The van der Waals surface area contributed by atoms with Gasteiger partial charge in [0.1, 0.15) is 0 Å². The summed E-state index contributed by atoms with van der Waals surface area (Å²) in [6.07, 6.45) is 7.55. The molecule has 7 nitrogen and oxygen atoms in total. The van der Waals surface area contributed by atoms with Crippen molar-refractivity contribution in [3.63, 3.8) is 0 Å². The van der Waals surface area contributed by atoms with Crippen LogP contribution in [0.5, 0.6) is 0 Å². The first-order chi connectivity index (χ1) is 10.6. The lowest BCUT2D eigenvalue weighted by molar-refractivity contribution is -0.122. The van der Waals surface area contributed by atoms with E-state index in [-0.39, 0.29) is 36.3 Å². The fraction of sp³-hybridized carbons (Fsp3) is 0.800. The van der Waals surface area contributed by atoms with Crippen LogP contribution in [0.25, 0.3) is 0 Å². The Kier molecular flexibility index (Phi) is 6.48. The Hall–Kier alpha value is -1.79. The first-order valence-corrected chi connectivity index (χ1v) is 8.24. The quantitative estimate of drug-likeness (QED) is 0.508. The summed E-state index contributed by atoms with van der Waals surface area (Å²) >= 11 is 0. The summed E-state index contributed by atoms with van der Waals surface area (Å²) < 4.78 is 0. The molecule has 0 spiro atoms. The third-order valence-electron chi connectivity index (χ3n) is 4.04. The molecule has 0 saturated heterocycles. The second-order valence-corrected chi connectivity index (χ2v) is 6.08. The molecule has 0 atom stereocenters. The SMILES string of the molecule is O=C(CNC(=O)NCCNC(=O)C1CC1)NC1CCCCC1. The van der Waals surface area contributed by atoms with E-state index < -0.39 is 0 Å². The average Bonchev–Trinajstić information content (AvgIpc) is 3.35. The lowest BCUT2D eigenvalue weighted by Gasteiger charge is -2.22. The third kappa shape index (κ3) is 6.32. The number of hydrogen-bond donors (Lipinski definition) is 4. The van der Waals surface area contributed by atoms with E-state index in [1.807, 2.05) is 0 Å².